The van der Waals surface area contributed by atoms with E-state index in [0.29, 0.717) is 22.3 Å². The summed E-state index contributed by atoms with van der Waals surface area (Å²) in [5, 5.41) is 12.5. The molecule has 2 aromatic rings. The Morgan fingerprint density at radius 2 is 2.04 bits per heavy atom. The van der Waals surface area contributed by atoms with Gasteiger partial charge in [0, 0.05) is 0 Å². The largest absolute Gasteiger partial charge is 0.493 e. The van der Waals surface area contributed by atoms with Crippen LogP contribution in [0.15, 0.2) is 33.3 Å². The predicted molar refractivity (Wildman–Crippen MR) is 94.6 cm³/mol. The van der Waals surface area contributed by atoms with Crippen molar-refractivity contribution in [1.82, 2.24) is 14.9 Å². The molecule has 0 fully saturated rings. The van der Waals surface area contributed by atoms with Crippen LogP contribution < -0.4 is 15.0 Å². The van der Waals surface area contributed by atoms with Crippen LogP contribution in [-0.4, -0.2) is 40.6 Å². The minimum absolute atomic E-state index is 0.0175. The fourth-order valence-corrected chi connectivity index (χ4v) is 2.34. The second kappa shape index (κ2) is 7.96. The number of thioether (sulfide) groups is 1. The maximum atomic E-state index is 12.2. The zero-order valence-corrected chi connectivity index (χ0v) is 15.1. The highest BCUT2D eigenvalue weighted by atomic mass is 32.2. The fraction of sp³-hybridized carbons (Fsp3) is 0.375. The van der Waals surface area contributed by atoms with E-state index in [1.165, 1.54) is 16.4 Å². The summed E-state index contributed by atoms with van der Waals surface area (Å²) in [6.07, 6.45) is 3.41. The van der Waals surface area contributed by atoms with Crippen molar-refractivity contribution in [3.05, 3.63) is 39.8 Å². The molecule has 0 spiro atoms. The van der Waals surface area contributed by atoms with E-state index in [1.54, 1.807) is 26.3 Å². The van der Waals surface area contributed by atoms with Gasteiger partial charge in [-0.05, 0) is 50.8 Å². The van der Waals surface area contributed by atoms with Crippen molar-refractivity contribution in [3.63, 3.8) is 0 Å². The Morgan fingerprint density at radius 1 is 1.29 bits per heavy atom. The molecule has 0 bridgehead atoms. The average Bonchev–Trinajstić information content (AvgIpc) is 2.55. The Balaban J connectivity index is 2.40. The normalized spacial score (nSPS) is 11.2. The van der Waals surface area contributed by atoms with Gasteiger partial charge in [0.2, 0.25) is 5.16 Å². The van der Waals surface area contributed by atoms with Crippen LogP contribution in [0.2, 0.25) is 0 Å². The highest BCUT2D eigenvalue weighted by molar-refractivity contribution is 7.98. The Morgan fingerprint density at radius 3 is 2.67 bits per heavy atom. The van der Waals surface area contributed by atoms with Crippen molar-refractivity contribution in [2.75, 3.05) is 13.4 Å². The number of methoxy groups -OCH3 is 1. The first-order valence-corrected chi connectivity index (χ1v) is 8.58. The molecule has 0 unspecified atom stereocenters. The van der Waals surface area contributed by atoms with Gasteiger partial charge in [-0.15, -0.1) is 10.2 Å². The molecule has 0 saturated carbocycles. The number of hydrogen-bond donors (Lipinski definition) is 0. The van der Waals surface area contributed by atoms with E-state index in [-0.39, 0.29) is 11.7 Å². The van der Waals surface area contributed by atoms with Gasteiger partial charge >= 0.3 is 0 Å². The monoisotopic (exact) mass is 348 g/mol. The number of rotatable bonds is 6. The van der Waals surface area contributed by atoms with Crippen molar-refractivity contribution in [1.29, 1.82) is 0 Å². The zero-order valence-electron chi connectivity index (χ0n) is 14.3. The molecule has 0 aliphatic heterocycles. The van der Waals surface area contributed by atoms with Crippen LogP contribution in [-0.2, 0) is 0 Å². The molecular formula is C16H20N4O3S. The minimum atomic E-state index is -0.294. The first-order valence-electron chi connectivity index (χ1n) is 7.35. The summed E-state index contributed by atoms with van der Waals surface area (Å²) in [4.78, 5) is 12.2. The lowest BCUT2D eigenvalue weighted by Crippen LogP contribution is -2.23. The summed E-state index contributed by atoms with van der Waals surface area (Å²) >= 11 is 1.30. The molecule has 1 aromatic heterocycles. The van der Waals surface area contributed by atoms with Crippen LogP contribution in [0.1, 0.15) is 25.1 Å². The summed E-state index contributed by atoms with van der Waals surface area (Å²) in [5.74, 6) is 1.27. The van der Waals surface area contributed by atoms with Crippen LogP contribution >= 0.6 is 11.8 Å². The van der Waals surface area contributed by atoms with Gasteiger partial charge in [-0.25, -0.2) is 0 Å². The third-order valence-corrected chi connectivity index (χ3v) is 3.64. The molecule has 8 heteroatoms. The maximum Gasteiger partial charge on any atom is 0.296 e. The molecule has 7 nitrogen and oxygen atoms in total. The number of aromatic nitrogens is 3. The molecule has 1 aromatic carbocycles. The van der Waals surface area contributed by atoms with Crippen molar-refractivity contribution < 1.29 is 9.47 Å². The first kappa shape index (κ1) is 18.0. The SMILES string of the molecule is COc1ccc(/C=N\n2c(SC)nnc(C)c2=O)cc1OC(C)C. The standard InChI is InChI=1S/C16H20N4O3S/c1-10(2)23-14-8-12(6-7-13(14)22-4)9-17-20-15(21)11(3)18-19-16(20)24-5/h6-10H,1-5H3/b17-9-. The van der Waals surface area contributed by atoms with Gasteiger partial charge in [-0.1, -0.05) is 11.8 Å². The quantitative estimate of drug-likeness (QED) is 0.589. The third-order valence-electron chi connectivity index (χ3n) is 3.02. The fourth-order valence-electron chi connectivity index (χ4n) is 1.92. The number of benzene rings is 1. The van der Waals surface area contributed by atoms with Gasteiger partial charge in [0.05, 0.1) is 19.4 Å². The minimum Gasteiger partial charge on any atom is -0.493 e. The molecule has 0 amide bonds. The molecule has 0 N–H and O–H groups in total. The Labute approximate surface area is 144 Å². The summed E-state index contributed by atoms with van der Waals surface area (Å²) < 4.78 is 12.3. The lowest BCUT2D eigenvalue weighted by molar-refractivity contribution is 0.230. The lowest BCUT2D eigenvalue weighted by Gasteiger charge is -2.13. The first-order chi connectivity index (χ1) is 11.5. The summed E-state index contributed by atoms with van der Waals surface area (Å²) in [5.41, 5.74) is 0.779. The van der Waals surface area contributed by atoms with Crippen molar-refractivity contribution in [3.8, 4) is 11.5 Å². The summed E-state index contributed by atoms with van der Waals surface area (Å²) in [6, 6.07) is 5.45. The van der Waals surface area contributed by atoms with Crippen molar-refractivity contribution in [2.45, 2.75) is 32.0 Å². The Hall–Kier alpha value is -2.35. The van der Waals surface area contributed by atoms with Crippen LogP contribution in [0.5, 0.6) is 11.5 Å². The van der Waals surface area contributed by atoms with Crippen LogP contribution in [0, 0.1) is 6.92 Å². The number of ether oxygens (including phenoxy) is 2. The second-order valence-corrected chi connectivity index (χ2v) is 5.98. The molecule has 2 rings (SSSR count). The smallest absolute Gasteiger partial charge is 0.296 e. The molecule has 0 aliphatic rings. The molecule has 128 valence electrons. The van der Waals surface area contributed by atoms with E-state index in [1.807, 2.05) is 32.2 Å². The summed E-state index contributed by atoms with van der Waals surface area (Å²) in [7, 11) is 1.59. The van der Waals surface area contributed by atoms with Crippen LogP contribution in [0.3, 0.4) is 0 Å². The number of hydrogen-bond acceptors (Lipinski definition) is 7. The van der Waals surface area contributed by atoms with Gasteiger partial charge in [0.1, 0.15) is 5.69 Å². The molecule has 24 heavy (non-hydrogen) atoms. The number of nitrogens with zero attached hydrogens (tertiary/aromatic N) is 4. The molecular weight excluding hydrogens is 328 g/mol. The van der Waals surface area contributed by atoms with Crippen molar-refractivity contribution >= 4 is 18.0 Å². The van der Waals surface area contributed by atoms with E-state index in [4.69, 9.17) is 9.47 Å². The Bertz CT molecular complexity index is 802. The topological polar surface area (TPSA) is 78.6 Å². The molecule has 1 heterocycles. The van der Waals surface area contributed by atoms with E-state index in [0.717, 1.165) is 5.56 Å². The molecule has 0 aliphatic carbocycles. The van der Waals surface area contributed by atoms with Gasteiger partial charge in [0.25, 0.3) is 5.56 Å². The maximum absolute atomic E-state index is 12.2. The molecule has 0 saturated heterocycles. The number of aryl methyl sites for hydroxylation is 1. The second-order valence-electron chi connectivity index (χ2n) is 5.21. The van der Waals surface area contributed by atoms with Gasteiger partial charge in [-0.2, -0.15) is 9.78 Å². The molecule has 0 radical (unpaired) electrons. The van der Waals surface area contributed by atoms with Crippen LogP contribution in [0.25, 0.3) is 0 Å². The summed E-state index contributed by atoms with van der Waals surface area (Å²) in [6.45, 7) is 5.49. The van der Waals surface area contributed by atoms with Crippen molar-refractivity contribution in [2.24, 2.45) is 5.10 Å². The molecule has 0 atom stereocenters. The predicted octanol–water partition coefficient (Wildman–Crippen LogP) is 2.35. The highest BCUT2D eigenvalue weighted by Crippen LogP contribution is 2.28. The highest BCUT2D eigenvalue weighted by Gasteiger charge is 2.09. The zero-order chi connectivity index (χ0) is 17.7. The van der Waals surface area contributed by atoms with Gasteiger partial charge < -0.3 is 9.47 Å². The Kier molecular flexibility index (Phi) is 5.97. The van der Waals surface area contributed by atoms with E-state index < -0.39 is 0 Å². The van der Waals surface area contributed by atoms with E-state index in [2.05, 4.69) is 15.3 Å². The van der Waals surface area contributed by atoms with Gasteiger partial charge in [0.15, 0.2) is 11.5 Å². The van der Waals surface area contributed by atoms with Gasteiger partial charge in [-0.3, -0.25) is 4.79 Å². The average molecular weight is 348 g/mol. The lowest BCUT2D eigenvalue weighted by atomic mass is 10.2. The van der Waals surface area contributed by atoms with Crippen LogP contribution in [0.4, 0.5) is 0 Å². The van der Waals surface area contributed by atoms with E-state index in [9.17, 15) is 4.79 Å². The third kappa shape index (κ3) is 4.14. The van der Waals surface area contributed by atoms with E-state index >= 15 is 0 Å².